The minimum absolute atomic E-state index is 0.434. The number of hydrogen-bond donors (Lipinski definition) is 1. The fourth-order valence-corrected chi connectivity index (χ4v) is 2.71. The molecule has 5 heteroatoms. The number of nitrogens with zero attached hydrogens (tertiary/aromatic N) is 2. The van der Waals surface area contributed by atoms with Crippen LogP contribution in [0.4, 0.5) is 5.69 Å². The molecule has 3 rings (SSSR count). The van der Waals surface area contributed by atoms with Crippen LogP contribution in [0.5, 0.6) is 0 Å². The number of piperidine rings is 1. The first kappa shape index (κ1) is 14.4. The zero-order valence-corrected chi connectivity index (χ0v) is 12.9. The van der Waals surface area contributed by atoms with Crippen LogP contribution in [0.2, 0.25) is 0 Å². The Morgan fingerprint density at radius 3 is 2.52 bits per heavy atom. The number of ether oxygens (including phenoxy) is 1. The van der Waals surface area contributed by atoms with Gasteiger partial charge >= 0.3 is 0 Å². The maximum atomic E-state index is 5.81. The van der Waals surface area contributed by atoms with Gasteiger partial charge in [0.15, 0.2) is 11.6 Å². The fraction of sp³-hybridized carbons (Fsp3) is 0.562. The first-order chi connectivity index (χ1) is 10.0. The Morgan fingerprint density at radius 2 is 1.90 bits per heavy atom. The van der Waals surface area contributed by atoms with Crippen molar-refractivity contribution >= 4 is 11.5 Å². The summed E-state index contributed by atoms with van der Waals surface area (Å²) in [6, 6.07) is 10.5. The second-order valence-electron chi connectivity index (χ2n) is 6.15. The summed E-state index contributed by atoms with van der Waals surface area (Å²) in [5.41, 5.74) is 3.35. The zero-order chi connectivity index (χ0) is 14.9. The van der Waals surface area contributed by atoms with Gasteiger partial charge in [-0.15, -0.1) is 0 Å². The number of hydroxylamine groups is 1. The number of aliphatic imine (C=N–C) groups is 1. The van der Waals surface area contributed by atoms with Gasteiger partial charge in [-0.3, -0.25) is 0 Å². The second kappa shape index (κ2) is 5.31. The Hall–Kier alpha value is -1.59. The van der Waals surface area contributed by atoms with Crippen LogP contribution in [0.25, 0.3) is 0 Å². The lowest BCUT2D eigenvalue weighted by molar-refractivity contribution is -0.0709. The summed E-state index contributed by atoms with van der Waals surface area (Å²) in [6.07, 6.45) is 1.75. The third-order valence-corrected chi connectivity index (χ3v) is 4.40. The van der Waals surface area contributed by atoms with Crippen molar-refractivity contribution in [2.24, 2.45) is 4.99 Å². The second-order valence-corrected chi connectivity index (χ2v) is 6.15. The van der Waals surface area contributed by atoms with Crippen LogP contribution in [0.1, 0.15) is 26.7 Å². The van der Waals surface area contributed by atoms with Crippen molar-refractivity contribution in [3.8, 4) is 0 Å². The molecule has 1 fully saturated rings. The minimum Gasteiger partial charge on any atom is -0.371 e. The lowest BCUT2D eigenvalue weighted by atomic mass is 10.00. The fourth-order valence-electron chi connectivity index (χ4n) is 2.71. The Bertz CT molecular complexity index is 520. The first-order valence-corrected chi connectivity index (χ1v) is 7.44. The van der Waals surface area contributed by atoms with Crippen LogP contribution < -0.4 is 10.4 Å². The predicted molar refractivity (Wildman–Crippen MR) is 83.4 cm³/mol. The number of nitrogens with one attached hydrogen (secondary N) is 1. The number of hydrogen-bond acceptors (Lipinski definition) is 5. The van der Waals surface area contributed by atoms with Crippen molar-refractivity contribution in [2.75, 3.05) is 25.1 Å². The summed E-state index contributed by atoms with van der Waals surface area (Å²) < 4.78 is 5.46. The topological polar surface area (TPSA) is 46.1 Å². The molecule has 1 aromatic carbocycles. The molecule has 0 amide bonds. The highest BCUT2D eigenvalue weighted by molar-refractivity contribution is 5.90. The van der Waals surface area contributed by atoms with Gasteiger partial charge in [0.2, 0.25) is 0 Å². The standard InChI is InChI=1S/C16H23N3O2/c1-15(2,20-3)14-17-16(21-18-14)9-11-19(12-10-16)13-7-5-4-6-8-13/h4-8H,9-12H2,1-3H3,(H,17,18). The highest BCUT2D eigenvalue weighted by Crippen LogP contribution is 2.33. The van der Waals surface area contributed by atoms with Gasteiger partial charge in [0.25, 0.3) is 0 Å². The summed E-state index contributed by atoms with van der Waals surface area (Å²) >= 11 is 0. The summed E-state index contributed by atoms with van der Waals surface area (Å²) in [4.78, 5) is 13.0. The summed E-state index contributed by atoms with van der Waals surface area (Å²) in [7, 11) is 1.69. The molecule has 0 bridgehead atoms. The highest BCUT2D eigenvalue weighted by Gasteiger charge is 2.43. The molecule has 5 nitrogen and oxygen atoms in total. The molecule has 0 aliphatic carbocycles. The van der Waals surface area contributed by atoms with E-state index < -0.39 is 11.3 Å². The van der Waals surface area contributed by atoms with Gasteiger partial charge in [-0.1, -0.05) is 18.2 Å². The van der Waals surface area contributed by atoms with Gasteiger partial charge in [-0.2, -0.15) is 0 Å². The molecule has 21 heavy (non-hydrogen) atoms. The average Bonchev–Trinajstić information content (AvgIpc) is 2.94. The van der Waals surface area contributed by atoms with E-state index in [2.05, 4.69) is 34.6 Å². The van der Waals surface area contributed by atoms with E-state index in [1.807, 2.05) is 19.9 Å². The molecular weight excluding hydrogens is 266 g/mol. The van der Waals surface area contributed by atoms with E-state index in [1.165, 1.54) is 5.69 Å². The van der Waals surface area contributed by atoms with Crippen molar-refractivity contribution in [3.63, 3.8) is 0 Å². The summed E-state index contributed by atoms with van der Waals surface area (Å²) in [5, 5.41) is 0. The molecule has 1 spiro atoms. The molecular formula is C16H23N3O2. The van der Waals surface area contributed by atoms with Crippen LogP contribution in [-0.2, 0) is 9.57 Å². The van der Waals surface area contributed by atoms with Crippen molar-refractivity contribution in [3.05, 3.63) is 30.3 Å². The molecule has 0 radical (unpaired) electrons. The third kappa shape index (κ3) is 2.76. The normalized spacial score (nSPS) is 21.3. The molecule has 1 N–H and O–H groups in total. The van der Waals surface area contributed by atoms with Gasteiger partial charge in [-0.05, 0) is 26.0 Å². The first-order valence-electron chi connectivity index (χ1n) is 7.44. The van der Waals surface area contributed by atoms with Gasteiger partial charge in [0, 0.05) is 38.7 Å². The van der Waals surface area contributed by atoms with E-state index in [-0.39, 0.29) is 0 Å². The van der Waals surface area contributed by atoms with E-state index >= 15 is 0 Å². The number of rotatable bonds is 3. The molecule has 2 aliphatic rings. The molecule has 2 aliphatic heterocycles. The van der Waals surface area contributed by atoms with E-state index in [0.29, 0.717) is 0 Å². The summed E-state index contributed by atoms with van der Waals surface area (Å²) in [6.45, 7) is 5.85. The van der Waals surface area contributed by atoms with Crippen molar-refractivity contribution < 1.29 is 9.57 Å². The summed E-state index contributed by atoms with van der Waals surface area (Å²) in [5.74, 6) is 0.776. The van der Waals surface area contributed by atoms with Crippen LogP contribution in [0.3, 0.4) is 0 Å². The lowest BCUT2D eigenvalue weighted by Crippen LogP contribution is -2.44. The number of benzene rings is 1. The largest absolute Gasteiger partial charge is 0.371 e. The molecule has 0 unspecified atom stereocenters. The SMILES string of the molecule is COC(C)(C)C1=NC2(CCN(c3ccccc3)CC2)ON1. The molecule has 0 aromatic heterocycles. The Morgan fingerprint density at radius 1 is 1.24 bits per heavy atom. The van der Waals surface area contributed by atoms with Crippen LogP contribution in [-0.4, -0.2) is 37.4 Å². The molecule has 1 aromatic rings. The Labute approximate surface area is 125 Å². The van der Waals surface area contributed by atoms with Gasteiger partial charge in [0.1, 0.15) is 5.60 Å². The predicted octanol–water partition coefficient (Wildman–Crippen LogP) is 2.34. The maximum Gasteiger partial charge on any atom is 0.190 e. The molecule has 114 valence electrons. The van der Waals surface area contributed by atoms with Gasteiger partial charge < -0.3 is 9.64 Å². The average molecular weight is 289 g/mol. The van der Waals surface area contributed by atoms with E-state index in [1.54, 1.807) is 7.11 Å². The number of methoxy groups -OCH3 is 1. The minimum atomic E-state index is -0.444. The molecule has 2 heterocycles. The Balaban J connectivity index is 1.69. The quantitative estimate of drug-likeness (QED) is 0.928. The lowest BCUT2D eigenvalue weighted by Gasteiger charge is -2.36. The maximum absolute atomic E-state index is 5.81. The Kier molecular flexibility index (Phi) is 3.63. The van der Waals surface area contributed by atoms with Gasteiger partial charge in [-0.25, -0.2) is 15.3 Å². The van der Waals surface area contributed by atoms with Crippen molar-refractivity contribution in [1.82, 2.24) is 5.48 Å². The van der Waals surface area contributed by atoms with Crippen LogP contribution in [0.15, 0.2) is 35.3 Å². The number of para-hydroxylation sites is 1. The van der Waals surface area contributed by atoms with Crippen LogP contribution >= 0.6 is 0 Å². The molecule has 0 atom stereocenters. The van der Waals surface area contributed by atoms with Crippen molar-refractivity contribution in [1.29, 1.82) is 0 Å². The number of anilines is 1. The third-order valence-electron chi connectivity index (χ3n) is 4.40. The van der Waals surface area contributed by atoms with E-state index in [4.69, 9.17) is 14.6 Å². The van der Waals surface area contributed by atoms with Crippen molar-refractivity contribution in [2.45, 2.75) is 38.0 Å². The number of amidine groups is 1. The zero-order valence-electron chi connectivity index (χ0n) is 12.9. The van der Waals surface area contributed by atoms with Gasteiger partial charge in [0.05, 0.1) is 0 Å². The van der Waals surface area contributed by atoms with E-state index in [9.17, 15) is 0 Å². The van der Waals surface area contributed by atoms with E-state index in [0.717, 1.165) is 31.8 Å². The molecule has 0 saturated carbocycles. The van der Waals surface area contributed by atoms with Crippen LogP contribution in [0, 0.1) is 0 Å². The smallest absolute Gasteiger partial charge is 0.190 e. The monoisotopic (exact) mass is 289 g/mol. The highest BCUT2D eigenvalue weighted by atomic mass is 16.7. The molecule has 1 saturated heterocycles.